The van der Waals surface area contributed by atoms with Crippen LogP contribution in [0.5, 0.6) is 5.75 Å². The summed E-state index contributed by atoms with van der Waals surface area (Å²) in [6.45, 7) is 1.90. The number of hydrogen-bond acceptors (Lipinski definition) is 5. The molecule has 0 spiro atoms. The van der Waals surface area contributed by atoms with Crippen LogP contribution >= 0.6 is 0 Å². The van der Waals surface area contributed by atoms with Gasteiger partial charge in [-0.1, -0.05) is 18.2 Å². The van der Waals surface area contributed by atoms with Crippen LogP contribution in [0.15, 0.2) is 42.6 Å². The van der Waals surface area contributed by atoms with Crippen molar-refractivity contribution in [3.05, 3.63) is 65.2 Å². The zero-order valence-corrected chi connectivity index (χ0v) is 14.4. The molecule has 1 saturated heterocycles. The average Bonchev–Trinajstić information content (AvgIpc) is 3.34. The van der Waals surface area contributed by atoms with E-state index in [1.165, 1.54) is 6.07 Å². The highest BCUT2D eigenvalue weighted by atomic mass is 19.1. The lowest BCUT2D eigenvalue weighted by Gasteiger charge is -2.09. The van der Waals surface area contributed by atoms with E-state index in [-0.39, 0.29) is 19.0 Å². The predicted octanol–water partition coefficient (Wildman–Crippen LogP) is 2.02. The summed E-state index contributed by atoms with van der Waals surface area (Å²) < 4.78 is 25.9. The van der Waals surface area contributed by atoms with Crippen molar-refractivity contribution in [2.45, 2.75) is 19.3 Å². The van der Waals surface area contributed by atoms with Crippen LogP contribution in [0.25, 0.3) is 5.52 Å². The van der Waals surface area contributed by atoms with Crippen molar-refractivity contribution < 1.29 is 23.5 Å². The van der Waals surface area contributed by atoms with Crippen LogP contribution < -0.4 is 10.1 Å². The Morgan fingerprint density at radius 1 is 1.44 bits per heavy atom. The number of pyridine rings is 1. The summed E-state index contributed by atoms with van der Waals surface area (Å²) in [6.07, 6.45) is 2.22. The third kappa shape index (κ3) is 3.26. The Morgan fingerprint density at radius 3 is 2.93 bits per heavy atom. The summed E-state index contributed by atoms with van der Waals surface area (Å²) in [5.74, 6) is -0.340. The quantitative estimate of drug-likeness (QED) is 0.531. The monoisotopic (exact) mass is 369 g/mol. The zero-order chi connectivity index (χ0) is 19.0. The van der Waals surface area contributed by atoms with Gasteiger partial charge in [0.05, 0.1) is 16.8 Å². The highest BCUT2D eigenvalue weighted by Gasteiger charge is 2.47. The number of nitrogens with one attached hydrogen (secondary N) is 1. The normalized spacial score (nSPS) is 18.3. The van der Waals surface area contributed by atoms with E-state index in [2.05, 4.69) is 10.4 Å². The van der Waals surface area contributed by atoms with Crippen molar-refractivity contribution in [3.63, 3.8) is 0 Å². The van der Waals surface area contributed by atoms with Crippen LogP contribution in [0.4, 0.5) is 4.39 Å². The number of ether oxygens (including phenoxy) is 2. The average molecular weight is 369 g/mol. The Bertz CT molecular complexity index is 1040. The Morgan fingerprint density at radius 2 is 2.22 bits per heavy atom. The minimum Gasteiger partial charge on any atom is -0.489 e. The molecule has 0 saturated carbocycles. The van der Waals surface area contributed by atoms with Crippen LogP contribution in [0.1, 0.15) is 21.6 Å². The maximum atomic E-state index is 13.7. The van der Waals surface area contributed by atoms with Crippen LogP contribution in [0.3, 0.4) is 0 Å². The molecule has 8 heteroatoms. The van der Waals surface area contributed by atoms with E-state index in [4.69, 9.17) is 9.47 Å². The summed E-state index contributed by atoms with van der Waals surface area (Å²) in [5.41, 5.74) is 0.525. The first-order valence-electron chi connectivity index (χ1n) is 8.29. The first-order valence-corrected chi connectivity index (χ1v) is 8.29. The topological polar surface area (TPSA) is 85.2 Å². The fraction of sp³-hybridized carbons (Fsp3) is 0.211. The SMILES string of the molecule is Cc1nn2ccc(OCc3ccccc3F)cc2c1C(=O)NC1(C=O)CO1. The molecule has 1 amide bonds. The third-order valence-electron chi connectivity index (χ3n) is 4.33. The summed E-state index contributed by atoms with van der Waals surface area (Å²) in [4.78, 5) is 23.6. The number of fused-ring (bicyclic) bond motifs is 1. The predicted molar refractivity (Wildman–Crippen MR) is 92.9 cm³/mol. The van der Waals surface area contributed by atoms with Gasteiger partial charge in [-0.3, -0.25) is 9.59 Å². The van der Waals surface area contributed by atoms with Crippen molar-refractivity contribution in [1.82, 2.24) is 14.9 Å². The van der Waals surface area contributed by atoms with Crippen molar-refractivity contribution in [1.29, 1.82) is 0 Å². The number of hydrogen-bond donors (Lipinski definition) is 1. The van der Waals surface area contributed by atoms with E-state index in [1.54, 1.807) is 48.0 Å². The fourth-order valence-electron chi connectivity index (χ4n) is 2.79. The Kier molecular flexibility index (Phi) is 4.12. The standard InChI is InChI=1S/C19H16FN3O4/c1-12-17(18(25)21-19(10-24)11-27-19)16-8-14(6-7-23(16)22-12)26-9-13-4-2-3-5-15(13)20/h2-8,10H,9,11H2,1H3,(H,21,25). The number of rotatable bonds is 6. The molecule has 1 N–H and O–H groups in total. The fourth-order valence-corrected chi connectivity index (χ4v) is 2.79. The molecule has 1 atom stereocenters. The van der Waals surface area contributed by atoms with Crippen molar-refractivity contribution in [3.8, 4) is 5.75 Å². The summed E-state index contributed by atoms with van der Waals surface area (Å²) in [6, 6.07) is 9.69. The molecule has 4 rings (SSSR count). The molecule has 1 fully saturated rings. The molecule has 1 aliphatic heterocycles. The van der Waals surface area contributed by atoms with E-state index >= 15 is 0 Å². The van der Waals surface area contributed by atoms with Gasteiger partial charge in [-0.25, -0.2) is 8.91 Å². The van der Waals surface area contributed by atoms with Gasteiger partial charge >= 0.3 is 0 Å². The molecule has 7 nitrogen and oxygen atoms in total. The lowest BCUT2D eigenvalue weighted by molar-refractivity contribution is -0.112. The molecule has 0 bridgehead atoms. The molecular weight excluding hydrogens is 353 g/mol. The number of carbonyl (C=O) groups excluding carboxylic acids is 2. The molecule has 3 heterocycles. The number of aldehydes is 1. The minimum absolute atomic E-state index is 0.0551. The van der Waals surface area contributed by atoms with E-state index in [9.17, 15) is 14.0 Å². The molecule has 1 aromatic carbocycles. The lowest BCUT2D eigenvalue weighted by atomic mass is 10.1. The molecule has 0 radical (unpaired) electrons. The van der Waals surface area contributed by atoms with Gasteiger partial charge in [0.1, 0.15) is 24.8 Å². The van der Waals surface area contributed by atoms with E-state index in [0.717, 1.165) is 0 Å². The van der Waals surface area contributed by atoms with Gasteiger partial charge in [-0.15, -0.1) is 0 Å². The van der Waals surface area contributed by atoms with E-state index in [0.29, 0.717) is 34.4 Å². The van der Waals surface area contributed by atoms with Crippen LogP contribution in [0.2, 0.25) is 0 Å². The smallest absolute Gasteiger partial charge is 0.258 e. The Balaban J connectivity index is 1.60. The second-order valence-corrected chi connectivity index (χ2v) is 6.28. The van der Waals surface area contributed by atoms with Crippen LogP contribution in [0, 0.1) is 12.7 Å². The van der Waals surface area contributed by atoms with Gasteiger partial charge < -0.3 is 14.8 Å². The lowest BCUT2D eigenvalue weighted by Crippen LogP contribution is -2.39. The highest BCUT2D eigenvalue weighted by molar-refractivity contribution is 6.03. The van der Waals surface area contributed by atoms with Gasteiger partial charge in [-0.2, -0.15) is 5.10 Å². The molecule has 1 unspecified atom stereocenters. The number of nitrogens with zero attached hydrogens (tertiary/aromatic N) is 2. The largest absolute Gasteiger partial charge is 0.489 e. The zero-order valence-electron chi connectivity index (χ0n) is 14.4. The number of carbonyl (C=O) groups is 2. The minimum atomic E-state index is -1.24. The van der Waals surface area contributed by atoms with Gasteiger partial charge in [0.2, 0.25) is 5.72 Å². The second-order valence-electron chi connectivity index (χ2n) is 6.28. The van der Waals surface area contributed by atoms with Gasteiger partial charge in [0.15, 0.2) is 6.29 Å². The molecule has 1 aliphatic rings. The summed E-state index contributed by atoms with van der Waals surface area (Å²) >= 11 is 0. The highest BCUT2D eigenvalue weighted by Crippen LogP contribution is 2.25. The summed E-state index contributed by atoms with van der Waals surface area (Å²) in [7, 11) is 0. The van der Waals surface area contributed by atoms with Crippen molar-refractivity contribution >= 4 is 17.7 Å². The molecule has 27 heavy (non-hydrogen) atoms. The molecule has 0 aliphatic carbocycles. The molecule has 138 valence electrons. The third-order valence-corrected chi connectivity index (χ3v) is 4.33. The first kappa shape index (κ1) is 17.2. The number of aromatic nitrogens is 2. The first-order chi connectivity index (χ1) is 13.0. The number of aryl methyl sites for hydroxylation is 1. The Labute approximate surface area is 153 Å². The van der Waals surface area contributed by atoms with E-state index in [1.807, 2.05) is 0 Å². The number of benzene rings is 1. The second kappa shape index (κ2) is 6.48. The maximum Gasteiger partial charge on any atom is 0.258 e. The van der Waals surface area contributed by atoms with Gasteiger partial charge in [-0.05, 0) is 19.1 Å². The maximum absolute atomic E-state index is 13.7. The van der Waals surface area contributed by atoms with Gasteiger partial charge in [0.25, 0.3) is 5.91 Å². The molecular formula is C19H16FN3O4. The number of epoxide rings is 1. The van der Waals surface area contributed by atoms with Crippen LogP contribution in [-0.2, 0) is 16.1 Å². The van der Waals surface area contributed by atoms with Crippen molar-refractivity contribution in [2.75, 3.05) is 6.61 Å². The van der Waals surface area contributed by atoms with Crippen molar-refractivity contribution in [2.24, 2.45) is 0 Å². The van der Waals surface area contributed by atoms with Gasteiger partial charge in [0, 0.05) is 17.8 Å². The number of amides is 1. The molecule has 2 aromatic heterocycles. The Hall–Kier alpha value is -3.26. The summed E-state index contributed by atoms with van der Waals surface area (Å²) in [5, 5.41) is 6.86. The molecule has 3 aromatic rings. The number of halogens is 1. The van der Waals surface area contributed by atoms with E-state index < -0.39 is 11.6 Å². The van der Waals surface area contributed by atoms with Crippen LogP contribution in [-0.4, -0.2) is 34.1 Å².